The van der Waals surface area contributed by atoms with E-state index in [0.29, 0.717) is 13.0 Å². The summed E-state index contributed by atoms with van der Waals surface area (Å²) in [6.07, 6.45) is 1.77. The second kappa shape index (κ2) is 4.93. The fourth-order valence-corrected chi connectivity index (χ4v) is 1.18. The molecular formula is C10H17N3O. The Morgan fingerprint density at radius 2 is 2.21 bits per heavy atom. The lowest BCUT2D eigenvalue weighted by Gasteiger charge is -2.13. The Morgan fingerprint density at radius 1 is 1.50 bits per heavy atom. The zero-order valence-corrected chi connectivity index (χ0v) is 8.64. The molecule has 0 saturated heterocycles. The molecule has 1 rings (SSSR count). The van der Waals surface area contributed by atoms with Crippen LogP contribution in [-0.4, -0.2) is 30.7 Å². The largest absolute Gasteiger partial charge is 0.388 e. The van der Waals surface area contributed by atoms with E-state index in [0.717, 1.165) is 11.4 Å². The molecule has 14 heavy (non-hydrogen) atoms. The Labute approximate surface area is 84.4 Å². The Bertz CT molecular complexity index is 271. The highest BCUT2D eigenvalue weighted by molar-refractivity contribution is 5.37. The third-order valence-corrected chi connectivity index (χ3v) is 2.05. The summed E-state index contributed by atoms with van der Waals surface area (Å²) >= 11 is 0. The standard InChI is InChI=1S/C10H17N3O/c1-13(2)10-4-3-8(7-12-10)9(14)5-6-11/h3-4,7,9,14H,5-6,11H2,1-2H3. The van der Waals surface area contributed by atoms with Crippen molar-refractivity contribution in [3.8, 4) is 0 Å². The number of hydrogen-bond acceptors (Lipinski definition) is 4. The van der Waals surface area contributed by atoms with Gasteiger partial charge in [0.15, 0.2) is 0 Å². The van der Waals surface area contributed by atoms with Gasteiger partial charge in [-0.2, -0.15) is 0 Å². The average molecular weight is 195 g/mol. The van der Waals surface area contributed by atoms with E-state index >= 15 is 0 Å². The van der Waals surface area contributed by atoms with E-state index < -0.39 is 6.10 Å². The molecule has 1 heterocycles. The van der Waals surface area contributed by atoms with E-state index in [1.165, 1.54) is 0 Å². The molecule has 0 aliphatic heterocycles. The summed E-state index contributed by atoms with van der Waals surface area (Å²) in [5, 5.41) is 9.62. The number of nitrogens with zero attached hydrogens (tertiary/aromatic N) is 2. The van der Waals surface area contributed by atoms with Crippen molar-refractivity contribution in [3.63, 3.8) is 0 Å². The van der Waals surface area contributed by atoms with Crippen LogP contribution in [0.15, 0.2) is 18.3 Å². The maximum absolute atomic E-state index is 9.62. The van der Waals surface area contributed by atoms with Gasteiger partial charge in [-0.25, -0.2) is 4.98 Å². The van der Waals surface area contributed by atoms with Crippen LogP contribution in [0, 0.1) is 0 Å². The number of aliphatic hydroxyl groups excluding tert-OH is 1. The molecule has 3 N–H and O–H groups in total. The van der Waals surface area contributed by atoms with Gasteiger partial charge >= 0.3 is 0 Å². The van der Waals surface area contributed by atoms with Gasteiger partial charge in [0.25, 0.3) is 0 Å². The molecule has 0 aromatic carbocycles. The molecule has 1 aromatic heterocycles. The van der Waals surface area contributed by atoms with Crippen LogP contribution in [-0.2, 0) is 0 Å². The molecule has 4 heteroatoms. The summed E-state index contributed by atoms with van der Waals surface area (Å²) in [4.78, 5) is 6.12. The number of rotatable bonds is 4. The first-order valence-corrected chi connectivity index (χ1v) is 4.66. The minimum absolute atomic E-state index is 0.483. The first kappa shape index (κ1) is 10.9. The lowest BCUT2D eigenvalue weighted by Crippen LogP contribution is -2.11. The SMILES string of the molecule is CN(C)c1ccc(C(O)CCN)cn1. The summed E-state index contributed by atoms with van der Waals surface area (Å²) < 4.78 is 0. The minimum Gasteiger partial charge on any atom is -0.388 e. The predicted molar refractivity (Wildman–Crippen MR) is 57.2 cm³/mol. The number of aliphatic hydroxyl groups is 1. The summed E-state index contributed by atoms with van der Waals surface area (Å²) in [5.74, 6) is 0.883. The maximum atomic E-state index is 9.62. The first-order chi connectivity index (χ1) is 6.65. The number of anilines is 1. The van der Waals surface area contributed by atoms with Crippen molar-refractivity contribution in [2.24, 2.45) is 5.73 Å². The van der Waals surface area contributed by atoms with Gasteiger partial charge in [-0.05, 0) is 24.6 Å². The van der Waals surface area contributed by atoms with Crippen molar-refractivity contribution in [1.82, 2.24) is 4.98 Å². The van der Waals surface area contributed by atoms with Crippen LogP contribution in [0.25, 0.3) is 0 Å². The monoisotopic (exact) mass is 195 g/mol. The fraction of sp³-hybridized carbons (Fsp3) is 0.500. The van der Waals surface area contributed by atoms with Gasteiger partial charge in [0, 0.05) is 20.3 Å². The molecule has 0 aliphatic carbocycles. The van der Waals surface area contributed by atoms with Gasteiger partial charge in [0.1, 0.15) is 5.82 Å². The van der Waals surface area contributed by atoms with Crippen molar-refractivity contribution in [2.75, 3.05) is 25.5 Å². The highest BCUT2D eigenvalue weighted by Gasteiger charge is 2.06. The number of hydrogen-bond donors (Lipinski definition) is 2. The molecular weight excluding hydrogens is 178 g/mol. The molecule has 78 valence electrons. The smallest absolute Gasteiger partial charge is 0.127 e. The molecule has 1 aromatic rings. The Morgan fingerprint density at radius 3 is 2.64 bits per heavy atom. The predicted octanol–water partition coefficient (Wildman–Crippen LogP) is 0.530. The van der Waals surface area contributed by atoms with Crippen molar-refractivity contribution in [3.05, 3.63) is 23.9 Å². The van der Waals surface area contributed by atoms with Crippen molar-refractivity contribution < 1.29 is 5.11 Å². The zero-order valence-electron chi connectivity index (χ0n) is 8.64. The van der Waals surface area contributed by atoms with Crippen LogP contribution in [0.3, 0.4) is 0 Å². The first-order valence-electron chi connectivity index (χ1n) is 4.66. The van der Waals surface area contributed by atoms with Crippen molar-refractivity contribution >= 4 is 5.82 Å². The quantitative estimate of drug-likeness (QED) is 0.735. The molecule has 1 atom stereocenters. The molecule has 0 spiro atoms. The number of pyridine rings is 1. The molecule has 4 nitrogen and oxygen atoms in total. The third-order valence-electron chi connectivity index (χ3n) is 2.05. The van der Waals surface area contributed by atoms with Crippen LogP contribution in [0.5, 0.6) is 0 Å². The van der Waals surface area contributed by atoms with Crippen LogP contribution < -0.4 is 10.6 Å². The number of aromatic nitrogens is 1. The summed E-state index contributed by atoms with van der Waals surface area (Å²) in [6, 6.07) is 3.76. The van der Waals surface area contributed by atoms with Gasteiger partial charge in [0.2, 0.25) is 0 Å². The van der Waals surface area contributed by atoms with Crippen molar-refractivity contribution in [1.29, 1.82) is 0 Å². The van der Waals surface area contributed by atoms with Gasteiger partial charge in [-0.3, -0.25) is 0 Å². The summed E-state index contributed by atoms with van der Waals surface area (Å²) in [7, 11) is 3.86. The van der Waals surface area contributed by atoms with E-state index in [2.05, 4.69) is 4.98 Å². The summed E-state index contributed by atoms with van der Waals surface area (Å²) in [5.41, 5.74) is 6.18. The van der Waals surface area contributed by atoms with Gasteiger partial charge in [-0.1, -0.05) is 6.07 Å². The normalized spacial score (nSPS) is 12.6. The highest BCUT2D eigenvalue weighted by Crippen LogP contribution is 2.16. The summed E-state index contributed by atoms with van der Waals surface area (Å²) in [6.45, 7) is 0.483. The topological polar surface area (TPSA) is 62.4 Å². The molecule has 0 radical (unpaired) electrons. The van der Waals surface area contributed by atoms with Crippen LogP contribution in [0.4, 0.5) is 5.82 Å². The molecule has 1 unspecified atom stereocenters. The number of nitrogens with two attached hydrogens (primary N) is 1. The van der Waals surface area contributed by atoms with E-state index in [1.54, 1.807) is 6.20 Å². The molecule has 0 bridgehead atoms. The second-order valence-electron chi connectivity index (χ2n) is 3.44. The van der Waals surface area contributed by atoms with Gasteiger partial charge in [-0.15, -0.1) is 0 Å². The Kier molecular flexibility index (Phi) is 3.85. The Balaban J connectivity index is 2.72. The van der Waals surface area contributed by atoms with Crippen molar-refractivity contribution in [2.45, 2.75) is 12.5 Å². The van der Waals surface area contributed by atoms with Crippen LogP contribution in [0.1, 0.15) is 18.1 Å². The van der Waals surface area contributed by atoms with Gasteiger partial charge < -0.3 is 15.7 Å². The third kappa shape index (κ3) is 2.68. The second-order valence-corrected chi connectivity index (χ2v) is 3.44. The minimum atomic E-state index is -0.497. The van der Waals surface area contributed by atoms with E-state index in [-0.39, 0.29) is 0 Å². The Hall–Kier alpha value is -1.13. The molecule has 0 aliphatic rings. The van der Waals surface area contributed by atoms with Crippen LogP contribution >= 0.6 is 0 Å². The highest BCUT2D eigenvalue weighted by atomic mass is 16.3. The zero-order chi connectivity index (χ0) is 10.6. The fourth-order valence-electron chi connectivity index (χ4n) is 1.18. The van der Waals surface area contributed by atoms with Crippen LogP contribution in [0.2, 0.25) is 0 Å². The lowest BCUT2D eigenvalue weighted by atomic mass is 10.1. The molecule has 0 amide bonds. The van der Waals surface area contributed by atoms with E-state index in [1.807, 2.05) is 31.1 Å². The van der Waals surface area contributed by atoms with E-state index in [9.17, 15) is 5.11 Å². The van der Waals surface area contributed by atoms with Gasteiger partial charge in [0.05, 0.1) is 6.10 Å². The van der Waals surface area contributed by atoms with E-state index in [4.69, 9.17) is 5.73 Å². The molecule has 0 saturated carbocycles. The lowest BCUT2D eigenvalue weighted by molar-refractivity contribution is 0.170. The maximum Gasteiger partial charge on any atom is 0.127 e. The average Bonchev–Trinajstić information content (AvgIpc) is 2.18. The molecule has 0 fully saturated rings.